The number of nitrogens with two attached hydrogens (primary N) is 1. The number of carboxylic acid groups (broad SMARTS) is 1. The third kappa shape index (κ3) is 1.88. The lowest BCUT2D eigenvalue weighted by Crippen LogP contribution is -2.22. The van der Waals surface area contributed by atoms with Crippen LogP contribution in [0.4, 0.5) is 8.78 Å². The molecule has 0 heterocycles. The molecule has 0 aliphatic rings. The molecule has 1 atom stereocenters. The van der Waals surface area contributed by atoms with Crippen molar-refractivity contribution in [3.63, 3.8) is 0 Å². The van der Waals surface area contributed by atoms with Gasteiger partial charge >= 0.3 is 5.97 Å². The lowest BCUT2D eigenvalue weighted by molar-refractivity contribution is -0.138. The normalized spacial score (nSPS) is 12.5. The predicted octanol–water partition coefficient (Wildman–Crippen LogP) is 1.09. The number of carbonyl (C=O) groups is 1. The SMILES string of the molecule is NCC(C(=O)O)c1cccc(F)c1F. The lowest BCUT2D eigenvalue weighted by atomic mass is 9.99. The molecule has 3 N–H and O–H groups in total. The van der Waals surface area contributed by atoms with Gasteiger partial charge in [0.1, 0.15) is 0 Å². The topological polar surface area (TPSA) is 63.3 Å². The zero-order valence-electron chi connectivity index (χ0n) is 7.21. The Kier molecular flexibility index (Phi) is 3.14. The van der Waals surface area contributed by atoms with Gasteiger partial charge in [-0.3, -0.25) is 4.79 Å². The van der Waals surface area contributed by atoms with Crippen molar-refractivity contribution in [1.82, 2.24) is 0 Å². The van der Waals surface area contributed by atoms with E-state index in [1.165, 1.54) is 12.1 Å². The van der Waals surface area contributed by atoms with Crippen LogP contribution in [0.1, 0.15) is 11.5 Å². The molecule has 1 aromatic carbocycles. The van der Waals surface area contributed by atoms with E-state index in [0.717, 1.165) is 6.07 Å². The van der Waals surface area contributed by atoms with Crippen molar-refractivity contribution >= 4 is 5.97 Å². The zero-order valence-corrected chi connectivity index (χ0v) is 7.21. The van der Waals surface area contributed by atoms with Crippen LogP contribution in [0.3, 0.4) is 0 Å². The molecule has 0 fully saturated rings. The Bertz CT molecular complexity index is 355. The number of hydrogen-bond donors (Lipinski definition) is 2. The summed E-state index contributed by atoms with van der Waals surface area (Å²) in [5.41, 5.74) is 4.93. The van der Waals surface area contributed by atoms with Crippen LogP contribution in [0.5, 0.6) is 0 Å². The first-order valence-corrected chi connectivity index (χ1v) is 3.94. The molecule has 0 aliphatic carbocycles. The Hall–Kier alpha value is -1.49. The summed E-state index contributed by atoms with van der Waals surface area (Å²) in [7, 11) is 0. The van der Waals surface area contributed by atoms with E-state index in [4.69, 9.17) is 10.8 Å². The minimum absolute atomic E-state index is 0.222. The first-order valence-electron chi connectivity index (χ1n) is 3.94. The number of benzene rings is 1. The van der Waals surface area contributed by atoms with Crippen LogP contribution in [-0.4, -0.2) is 17.6 Å². The number of rotatable bonds is 3. The van der Waals surface area contributed by atoms with E-state index in [1.807, 2.05) is 0 Å². The third-order valence-electron chi connectivity index (χ3n) is 1.89. The minimum Gasteiger partial charge on any atom is -0.481 e. The summed E-state index contributed by atoms with van der Waals surface area (Å²) >= 11 is 0. The number of carboxylic acids is 1. The molecule has 5 heteroatoms. The maximum atomic E-state index is 13.1. The van der Waals surface area contributed by atoms with E-state index >= 15 is 0 Å². The van der Waals surface area contributed by atoms with Crippen LogP contribution >= 0.6 is 0 Å². The molecule has 0 amide bonds. The van der Waals surface area contributed by atoms with Gasteiger partial charge in [-0.1, -0.05) is 12.1 Å². The molecule has 0 aliphatic heterocycles. The lowest BCUT2D eigenvalue weighted by Gasteiger charge is -2.10. The summed E-state index contributed by atoms with van der Waals surface area (Å²) in [6, 6.07) is 3.39. The fourth-order valence-electron chi connectivity index (χ4n) is 1.15. The van der Waals surface area contributed by atoms with Gasteiger partial charge in [-0.15, -0.1) is 0 Å². The van der Waals surface area contributed by atoms with Crippen molar-refractivity contribution in [1.29, 1.82) is 0 Å². The van der Waals surface area contributed by atoms with Crippen molar-refractivity contribution < 1.29 is 18.7 Å². The molecule has 14 heavy (non-hydrogen) atoms. The van der Waals surface area contributed by atoms with E-state index in [9.17, 15) is 13.6 Å². The molecular weight excluding hydrogens is 192 g/mol. The Labute approximate surface area is 79.2 Å². The van der Waals surface area contributed by atoms with Gasteiger partial charge in [-0.25, -0.2) is 8.78 Å². The van der Waals surface area contributed by atoms with Crippen molar-refractivity contribution in [2.24, 2.45) is 5.73 Å². The van der Waals surface area contributed by atoms with E-state index < -0.39 is 23.5 Å². The highest BCUT2D eigenvalue weighted by Crippen LogP contribution is 2.20. The second-order valence-corrected chi connectivity index (χ2v) is 2.77. The van der Waals surface area contributed by atoms with E-state index in [2.05, 4.69) is 0 Å². The summed E-state index contributed by atoms with van der Waals surface area (Å²) < 4.78 is 25.8. The molecule has 1 unspecified atom stereocenters. The number of aliphatic carboxylic acids is 1. The largest absolute Gasteiger partial charge is 0.481 e. The molecule has 76 valence electrons. The smallest absolute Gasteiger partial charge is 0.312 e. The monoisotopic (exact) mass is 201 g/mol. The maximum absolute atomic E-state index is 13.1. The standard InChI is InChI=1S/C9H9F2NO2/c10-7-3-1-2-5(8(7)11)6(4-12)9(13)14/h1-3,6H,4,12H2,(H,13,14). The molecule has 0 spiro atoms. The van der Waals surface area contributed by atoms with Crippen LogP contribution in [0.2, 0.25) is 0 Å². The second-order valence-electron chi connectivity index (χ2n) is 2.77. The first-order chi connectivity index (χ1) is 6.57. The van der Waals surface area contributed by atoms with Gasteiger partial charge < -0.3 is 10.8 Å². The molecule has 0 saturated carbocycles. The number of halogens is 2. The summed E-state index contributed by atoms with van der Waals surface area (Å²) in [5, 5.41) is 8.67. The van der Waals surface area contributed by atoms with Crippen LogP contribution in [0.15, 0.2) is 18.2 Å². The summed E-state index contributed by atoms with van der Waals surface area (Å²) in [6.45, 7) is -0.268. The fraction of sp³-hybridized carbons (Fsp3) is 0.222. The number of hydrogen-bond acceptors (Lipinski definition) is 2. The second kappa shape index (κ2) is 4.15. The van der Waals surface area contributed by atoms with Gasteiger partial charge in [0, 0.05) is 12.1 Å². The Morgan fingerprint density at radius 3 is 2.64 bits per heavy atom. The van der Waals surface area contributed by atoms with E-state index in [0.29, 0.717) is 0 Å². The molecule has 0 aromatic heterocycles. The minimum atomic E-state index is -1.27. The molecular formula is C9H9F2NO2. The zero-order chi connectivity index (χ0) is 10.7. The van der Waals surface area contributed by atoms with Crippen molar-refractivity contribution in [3.05, 3.63) is 35.4 Å². The summed E-state index contributed by atoms with van der Waals surface area (Å²) in [4.78, 5) is 10.6. The molecule has 0 bridgehead atoms. The van der Waals surface area contributed by atoms with Crippen LogP contribution < -0.4 is 5.73 Å². The fourth-order valence-corrected chi connectivity index (χ4v) is 1.15. The Balaban J connectivity index is 3.16. The Morgan fingerprint density at radius 1 is 1.50 bits per heavy atom. The van der Waals surface area contributed by atoms with Gasteiger partial charge in [-0.05, 0) is 6.07 Å². The van der Waals surface area contributed by atoms with Gasteiger partial charge in [-0.2, -0.15) is 0 Å². The molecule has 0 radical (unpaired) electrons. The highest BCUT2D eigenvalue weighted by molar-refractivity contribution is 5.76. The molecule has 3 nitrogen and oxygen atoms in total. The summed E-state index contributed by atoms with van der Waals surface area (Å²) in [5.74, 6) is -4.68. The van der Waals surface area contributed by atoms with Crippen molar-refractivity contribution in [3.8, 4) is 0 Å². The Morgan fingerprint density at radius 2 is 2.14 bits per heavy atom. The predicted molar refractivity (Wildman–Crippen MR) is 45.8 cm³/mol. The van der Waals surface area contributed by atoms with Crippen LogP contribution in [0.25, 0.3) is 0 Å². The van der Waals surface area contributed by atoms with Crippen molar-refractivity contribution in [2.45, 2.75) is 5.92 Å². The summed E-state index contributed by atoms with van der Waals surface area (Å²) in [6.07, 6.45) is 0. The molecule has 1 rings (SSSR count). The highest BCUT2D eigenvalue weighted by Gasteiger charge is 2.22. The highest BCUT2D eigenvalue weighted by atomic mass is 19.2. The van der Waals surface area contributed by atoms with Crippen LogP contribution in [0, 0.1) is 11.6 Å². The van der Waals surface area contributed by atoms with Gasteiger partial charge in [0.15, 0.2) is 11.6 Å². The quantitative estimate of drug-likeness (QED) is 0.769. The van der Waals surface area contributed by atoms with Crippen LogP contribution in [-0.2, 0) is 4.79 Å². The van der Waals surface area contributed by atoms with E-state index in [1.54, 1.807) is 0 Å². The molecule has 1 aromatic rings. The third-order valence-corrected chi connectivity index (χ3v) is 1.89. The van der Waals surface area contributed by atoms with Gasteiger partial charge in [0.2, 0.25) is 0 Å². The average molecular weight is 201 g/mol. The van der Waals surface area contributed by atoms with E-state index in [-0.39, 0.29) is 12.1 Å². The first kappa shape index (κ1) is 10.6. The molecule has 0 saturated heterocycles. The van der Waals surface area contributed by atoms with Crippen molar-refractivity contribution in [2.75, 3.05) is 6.54 Å². The van der Waals surface area contributed by atoms with Gasteiger partial charge in [0.25, 0.3) is 0 Å². The van der Waals surface area contributed by atoms with Gasteiger partial charge in [0.05, 0.1) is 5.92 Å². The average Bonchev–Trinajstić information content (AvgIpc) is 2.13. The maximum Gasteiger partial charge on any atom is 0.312 e.